The molecule has 0 spiro atoms. The second kappa shape index (κ2) is 12.0. The molecular formula is C30H30IN3O5. The molecule has 0 unspecified atom stereocenters. The maximum absolute atomic E-state index is 13.7. The number of nitrogens with zero attached hydrogens (tertiary/aromatic N) is 3. The highest BCUT2D eigenvalue weighted by Gasteiger charge is 2.19. The van der Waals surface area contributed by atoms with Gasteiger partial charge in [0.1, 0.15) is 5.75 Å². The third-order valence-electron chi connectivity index (χ3n) is 6.09. The number of aromatic nitrogens is 2. The molecule has 0 bridgehead atoms. The lowest BCUT2D eigenvalue weighted by Crippen LogP contribution is -2.21. The third kappa shape index (κ3) is 5.98. The molecule has 9 heteroatoms. The first-order valence-electron chi connectivity index (χ1n) is 12.5. The van der Waals surface area contributed by atoms with Gasteiger partial charge in [-0.1, -0.05) is 26.0 Å². The fourth-order valence-corrected chi connectivity index (χ4v) is 5.00. The summed E-state index contributed by atoms with van der Waals surface area (Å²) in [5.41, 5.74) is 3.66. The summed E-state index contributed by atoms with van der Waals surface area (Å²) >= 11 is 2.08. The van der Waals surface area contributed by atoms with Crippen molar-refractivity contribution in [1.29, 1.82) is 0 Å². The van der Waals surface area contributed by atoms with Crippen molar-refractivity contribution in [3.8, 4) is 28.6 Å². The van der Waals surface area contributed by atoms with E-state index in [2.05, 4.69) is 41.5 Å². The van der Waals surface area contributed by atoms with Gasteiger partial charge in [0, 0.05) is 12.5 Å². The van der Waals surface area contributed by atoms with Crippen LogP contribution in [0.15, 0.2) is 58.4 Å². The number of carbonyl (C=O) groups is 1. The minimum Gasteiger partial charge on any atom is -0.496 e. The van der Waals surface area contributed by atoms with E-state index < -0.39 is 5.97 Å². The van der Waals surface area contributed by atoms with Crippen LogP contribution < -0.4 is 19.8 Å². The number of methoxy groups -OCH3 is 1. The Kier molecular flexibility index (Phi) is 8.69. The van der Waals surface area contributed by atoms with Crippen molar-refractivity contribution >= 4 is 45.7 Å². The highest BCUT2D eigenvalue weighted by Crippen LogP contribution is 2.35. The molecule has 0 aliphatic rings. The molecule has 0 aliphatic carbocycles. The van der Waals surface area contributed by atoms with Gasteiger partial charge in [-0.05, 0) is 95.4 Å². The summed E-state index contributed by atoms with van der Waals surface area (Å²) in [6, 6.07) is 14.7. The number of benzene rings is 3. The van der Waals surface area contributed by atoms with E-state index in [-0.39, 0.29) is 11.5 Å². The number of fused-ring (bicyclic) bond motifs is 1. The van der Waals surface area contributed by atoms with Gasteiger partial charge in [-0.3, -0.25) is 9.59 Å². The average molecular weight is 639 g/mol. The number of ether oxygens (including phenoxy) is 3. The van der Waals surface area contributed by atoms with Crippen LogP contribution in [0.3, 0.4) is 0 Å². The first-order chi connectivity index (χ1) is 18.6. The quantitative estimate of drug-likeness (QED) is 0.0971. The van der Waals surface area contributed by atoms with Crippen LogP contribution in [0.5, 0.6) is 17.2 Å². The van der Waals surface area contributed by atoms with Crippen LogP contribution in [-0.4, -0.2) is 35.6 Å². The van der Waals surface area contributed by atoms with Gasteiger partial charge in [0.25, 0.3) is 5.56 Å². The lowest BCUT2D eigenvalue weighted by molar-refractivity contribution is -0.132. The van der Waals surface area contributed by atoms with Crippen molar-refractivity contribution in [1.82, 2.24) is 9.66 Å². The van der Waals surface area contributed by atoms with Crippen LogP contribution in [0.1, 0.15) is 50.3 Å². The Bertz CT molecular complexity index is 1640. The Morgan fingerprint density at radius 2 is 1.90 bits per heavy atom. The molecule has 0 atom stereocenters. The predicted molar refractivity (Wildman–Crippen MR) is 161 cm³/mol. The van der Waals surface area contributed by atoms with Gasteiger partial charge in [0.05, 0.1) is 34.4 Å². The fraction of sp³-hybridized carbons (Fsp3) is 0.267. The smallest absolute Gasteiger partial charge is 0.308 e. The molecule has 0 saturated heterocycles. The Balaban J connectivity index is 1.93. The molecule has 202 valence electrons. The van der Waals surface area contributed by atoms with E-state index in [1.807, 2.05) is 38.1 Å². The summed E-state index contributed by atoms with van der Waals surface area (Å²) in [7, 11) is 1.65. The zero-order valence-electron chi connectivity index (χ0n) is 22.7. The monoisotopic (exact) mass is 639 g/mol. The molecule has 0 aliphatic heterocycles. The number of aryl methyl sites for hydroxylation is 1. The minimum absolute atomic E-state index is 0.193. The van der Waals surface area contributed by atoms with Crippen LogP contribution in [0.25, 0.3) is 22.3 Å². The molecule has 0 N–H and O–H groups in total. The molecule has 1 heterocycles. The zero-order chi connectivity index (χ0) is 28.3. The van der Waals surface area contributed by atoms with Crippen LogP contribution in [0.2, 0.25) is 0 Å². The molecule has 4 aromatic rings. The van der Waals surface area contributed by atoms with Crippen molar-refractivity contribution in [2.45, 2.75) is 40.5 Å². The van der Waals surface area contributed by atoms with E-state index in [1.54, 1.807) is 37.6 Å². The lowest BCUT2D eigenvalue weighted by Gasteiger charge is -2.17. The zero-order valence-corrected chi connectivity index (χ0v) is 24.9. The van der Waals surface area contributed by atoms with Gasteiger partial charge < -0.3 is 14.2 Å². The number of esters is 1. The van der Waals surface area contributed by atoms with E-state index in [0.717, 1.165) is 22.4 Å². The molecule has 4 rings (SSSR count). The highest BCUT2D eigenvalue weighted by molar-refractivity contribution is 14.1. The van der Waals surface area contributed by atoms with Gasteiger partial charge in [-0.25, -0.2) is 4.98 Å². The van der Waals surface area contributed by atoms with Gasteiger partial charge in [-0.15, -0.1) is 0 Å². The predicted octanol–water partition coefficient (Wildman–Crippen LogP) is 6.31. The lowest BCUT2D eigenvalue weighted by atomic mass is 9.96. The van der Waals surface area contributed by atoms with Crippen LogP contribution >= 0.6 is 22.6 Å². The molecule has 0 amide bonds. The maximum Gasteiger partial charge on any atom is 0.308 e. The van der Waals surface area contributed by atoms with Crippen molar-refractivity contribution in [3.63, 3.8) is 0 Å². The summed E-state index contributed by atoms with van der Waals surface area (Å²) in [5, 5.41) is 5.07. The van der Waals surface area contributed by atoms with Gasteiger partial charge >= 0.3 is 5.97 Å². The van der Waals surface area contributed by atoms with Crippen LogP contribution in [0.4, 0.5) is 0 Å². The summed E-state index contributed by atoms with van der Waals surface area (Å²) in [6.07, 6.45) is 1.58. The molecule has 39 heavy (non-hydrogen) atoms. The van der Waals surface area contributed by atoms with E-state index in [4.69, 9.17) is 19.2 Å². The first kappa shape index (κ1) is 28.3. The Labute approximate surface area is 240 Å². The number of para-hydroxylation sites is 1. The number of rotatable bonds is 8. The van der Waals surface area contributed by atoms with Crippen LogP contribution in [-0.2, 0) is 4.79 Å². The normalized spacial score (nSPS) is 11.4. The number of hydrogen-bond donors (Lipinski definition) is 0. The highest BCUT2D eigenvalue weighted by atomic mass is 127. The Morgan fingerprint density at radius 1 is 1.15 bits per heavy atom. The standard InChI is InChI=1S/C30H30IN3O5/c1-7-38-27-14-20(13-24(31)28(27)39-19(5)35)16-32-34-29(33-25-11-9-8-10-21(25)30(34)36)23-15-22(17(2)3)26(37-6)12-18(23)4/h8-17H,7H2,1-6H3. The average Bonchev–Trinajstić information content (AvgIpc) is 2.89. The van der Waals surface area contributed by atoms with Gasteiger partial charge in [0.15, 0.2) is 17.3 Å². The number of carbonyl (C=O) groups excluding carboxylic acids is 1. The van der Waals surface area contributed by atoms with Crippen molar-refractivity contribution < 1.29 is 19.0 Å². The maximum atomic E-state index is 13.7. The molecule has 1 aromatic heterocycles. The molecule has 0 saturated carbocycles. The SMILES string of the molecule is CCOc1cc(C=Nn2c(-c3cc(C(C)C)c(OC)cc3C)nc3ccccc3c2=O)cc(I)c1OC(C)=O. The first-order valence-corrected chi connectivity index (χ1v) is 13.6. The topological polar surface area (TPSA) is 92.0 Å². The van der Waals surface area contributed by atoms with Crippen molar-refractivity contribution in [3.05, 3.63) is 79.1 Å². The molecule has 0 radical (unpaired) electrons. The number of hydrogen-bond acceptors (Lipinski definition) is 7. The van der Waals surface area contributed by atoms with E-state index >= 15 is 0 Å². The largest absolute Gasteiger partial charge is 0.496 e. The van der Waals surface area contributed by atoms with Gasteiger partial charge in [-0.2, -0.15) is 9.78 Å². The second-order valence-electron chi connectivity index (χ2n) is 9.23. The fourth-order valence-electron chi connectivity index (χ4n) is 4.26. The van der Waals surface area contributed by atoms with Crippen LogP contribution in [0, 0.1) is 10.5 Å². The van der Waals surface area contributed by atoms with E-state index in [1.165, 1.54) is 11.6 Å². The number of halogens is 1. The second-order valence-corrected chi connectivity index (χ2v) is 10.4. The molecular weight excluding hydrogens is 609 g/mol. The summed E-state index contributed by atoms with van der Waals surface area (Å²) in [6.45, 7) is 9.72. The van der Waals surface area contributed by atoms with Crippen molar-refractivity contribution in [2.75, 3.05) is 13.7 Å². The molecule has 8 nitrogen and oxygen atoms in total. The van der Waals surface area contributed by atoms with Crippen molar-refractivity contribution in [2.24, 2.45) is 5.10 Å². The summed E-state index contributed by atoms with van der Waals surface area (Å²) < 4.78 is 18.7. The van der Waals surface area contributed by atoms with E-state index in [0.29, 0.717) is 44.0 Å². The Morgan fingerprint density at radius 3 is 2.56 bits per heavy atom. The molecule has 3 aromatic carbocycles. The Hall–Kier alpha value is -3.73. The minimum atomic E-state index is -0.440. The van der Waals surface area contributed by atoms with Gasteiger partial charge in [0.2, 0.25) is 0 Å². The molecule has 0 fully saturated rings. The summed E-state index contributed by atoms with van der Waals surface area (Å²) in [4.78, 5) is 30.2. The van der Waals surface area contributed by atoms with E-state index in [9.17, 15) is 9.59 Å². The third-order valence-corrected chi connectivity index (χ3v) is 6.89. The summed E-state index contributed by atoms with van der Waals surface area (Å²) in [5.74, 6) is 1.73.